The molecule has 8 heteroatoms. The Morgan fingerprint density at radius 2 is 2.04 bits per heavy atom. The van der Waals surface area contributed by atoms with Crippen LogP contribution in [0.3, 0.4) is 0 Å². The standard InChI is InChI=1S/C16H20BrN3O4/c1-19(9-10-24-13-6-4-12(17)5-7-13)14(21)3-2-8-20-15(22)11-18-16(20)23/h4-7H,2-3,8-11H2,1H3,(H,18,23). The smallest absolute Gasteiger partial charge is 0.324 e. The number of nitrogens with one attached hydrogen (secondary N) is 1. The first-order valence-electron chi connectivity index (χ1n) is 7.68. The van der Waals surface area contributed by atoms with Crippen molar-refractivity contribution in [2.75, 3.05) is 33.3 Å². The van der Waals surface area contributed by atoms with Crippen LogP contribution in [0.1, 0.15) is 12.8 Å². The molecule has 0 unspecified atom stereocenters. The first-order chi connectivity index (χ1) is 11.5. The van der Waals surface area contributed by atoms with Crippen LogP contribution in [0.25, 0.3) is 0 Å². The van der Waals surface area contributed by atoms with Gasteiger partial charge in [-0.2, -0.15) is 0 Å². The summed E-state index contributed by atoms with van der Waals surface area (Å²) in [5, 5.41) is 2.45. The van der Waals surface area contributed by atoms with E-state index in [2.05, 4.69) is 21.2 Å². The number of hydrogen-bond acceptors (Lipinski definition) is 4. The molecule has 4 amide bonds. The number of carbonyl (C=O) groups excluding carboxylic acids is 3. The van der Waals surface area contributed by atoms with Gasteiger partial charge < -0.3 is 15.0 Å². The minimum absolute atomic E-state index is 0.0403. The second-order valence-electron chi connectivity index (χ2n) is 5.43. The highest BCUT2D eigenvalue weighted by Gasteiger charge is 2.27. The molecule has 1 aromatic carbocycles. The highest BCUT2D eigenvalue weighted by Crippen LogP contribution is 2.16. The fraction of sp³-hybridized carbons (Fsp3) is 0.438. The molecule has 1 N–H and O–H groups in total. The van der Waals surface area contributed by atoms with Crippen molar-refractivity contribution in [3.63, 3.8) is 0 Å². The van der Waals surface area contributed by atoms with Crippen molar-refractivity contribution in [3.8, 4) is 5.75 Å². The number of carbonyl (C=O) groups is 3. The first kappa shape index (κ1) is 18.3. The Morgan fingerprint density at radius 1 is 1.33 bits per heavy atom. The van der Waals surface area contributed by atoms with E-state index >= 15 is 0 Å². The molecule has 0 radical (unpaired) electrons. The van der Waals surface area contributed by atoms with Gasteiger partial charge >= 0.3 is 6.03 Å². The zero-order valence-corrected chi connectivity index (χ0v) is 15.0. The van der Waals surface area contributed by atoms with Gasteiger partial charge in [-0.05, 0) is 30.7 Å². The van der Waals surface area contributed by atoms with Crippen LogP contribution in [0, 0.1) is 0 Å². The van der Waals surface area contributed by atoms with Gasteiger partial charge in [-0.25, -0.2) is 4.79 Å². The topological polar surface area (TPSA) is 79.0 Å². The molecule has 0 atom stereocenters. The lowest BCUT2D eigenvalue weighted by atomic mass is 10.2. The first-order valence-corrected chi connectivity index (χ1v) is 8.47. The Bertz CT molecular complexity index is 590. The van der Waals surface area contributed by atoms with Crippen molar-refractivity contribution in [2.45, 2.75) is 12.8 Å². The fourth-order valence-corrected chi connectivity index (χ4v) is 2.48. The average molecular weight is 398 g/mol. The van der Waals surface area contributed by atoms with Crippen LogP contribution in [0.2, 0.25) is 0 Å². The third kappa shape index (κ3) is 5.23. The van der Waals surface area contributed by atoms with Gasteiger partial charge in [0.2, 0.25) is 11.8 Å². The predicted molar refractivity (Wildman–Crippen MR) is 91.6 cm³/mol. The van der Waals surface area contributed by atoms with Crippen LogP contribution in [0.15, 0.2) is 28.7 Å². The second-order valence-corrected chi connectivity index (χ2v) is 6.34. The maximum absolute atomic E-state index is 12.0. The van der Waals surface area contributed by atoms with Gasteiger partial charge in [-0.1, -0.05) is 15.9 Å². The number of amides is 4. The largest absolute Gasteiger partial charge is 0.492 e. The number of benzene rings is 1. The molecular formula is C16H20BrN3O4. The maximum atomic E-state index is 12.0. The van der Waals surface area contributed by atoms with Crippen LogP contribution in [0.4, 0.5) is 4.79 Å². The van der Waals surface area contributed by atoms with Crippen molar-refractivity contribution in [1.82, 2.24) is 15.1 Å². The molecule has 1 aromatic rings. The Kier molecular flexibility index (Phi) is 6.60. The Balaban J connectivity index is 1.64. The summed E-state index contributed by atoms with van der Waals surface area (Å²) < 4.78 is 6.55. The normalized spacial score (nSPS) is 13.8. The van der Waals surface area contributed by atoms with Gasteiger partial charge in [-0.15, -0.1) is 0 Å². The van der Waals surface area contributed by atoms with Gasteiger partial charge in [0.25, 0.3) is 0 Å². The summed E-state index contributed by atoms with van der Waals surface area (Å²) in [6, 6.07) is 7.09. The molecule has 0 aliphatic carbocycles. The summed E-state index contributed by atoms with van der Waals surface area (Å²) in [5.74, 6) is 0.461. The molecule has 1 heterocycles. The zero-order chi connectivity index (χ0) is 17.5. The van der Waals surface area contributed by atoms with Crippen LogP contribution in [-0.2, 0) is 9.59 Å². The van der Waals surface area contributed by atoms with E-state index in [1.807, 2.05) is 24.3 Å². The van der Waals surface area contributed by atoms with Crippen LogP contribution >= 0.6 is 15.9 Å². The van der Waals surface area contributed by atoms with E-state index in [9.17, 15) is 14.4 Å². The highest BCUT2D eigenvalue weighted by atomic mass is 79.9. The fourth-order valence-electron chi connectivity index (χ4n) is 2.22. The van der Waals surface area contributed by atoms with Gasteiger partial charge in [-0.3, -0.25) is 14.5 Å². The Labute approximate surface area is 149 Å². The van der Waals surface area contributed by atoms with Crippen molar-refractivity contribution in [1.29, 1.82) is 0 Å². The number of halogens is 1. The highest BCUT2D eigenvalue weighted by molar-refractivity contribution is 9.10. The van der Waals surface area contributed by atoms with Gasteiger partial charge in [0.15, 0.2) is 0 Å². The van der Waals surface area contributed by atoms with Crippen LogP contribution in [0.5, 0.6) is 5.75 Å². The van der Waals surface area contributed by atoms with E-state index in [4.69, 9.17) is 4.74 Å². The van der Waals surface area contributed by atoms with Gasteiger partial charge in [0, 0.05) is 24.5 Å². The van der Waals surface area contributed by atoms with Crippen molar-refractivity contribution in [3.05, 3.63) is 28.7 Å². The number of nitrogens with zero attached hydrogens (tertiary/aromatic N) is 2. The molecular weight excluding hydrogens is 378 g/mol. The second kappa shape index (κ2) is 8.68. The Morgan fingerprint density at radius 3 is 2.67 bits per heavy atom. The van der Waals surface area contributed by atoms with Crippen molar-refractivity contribution >= 4 is 33.8 Å². The monoisotopic (exact) mass is 397 g/mol. The van der Waals surface area contributed by atoms with Crippen molar-refractivity contribution < 1.29 is 19.1 Å². The Hall–Kier alpha value is -2.09. The van der Waals surface area contributed by atoms with Gasteiger partial charge in [0.05, 0.1) is 13.1 Å². The summed E-state index contributed by atoms with van der Waals surface area (Å²) in [6.07, 6.45) is 0.738. The van der Waals surface area contributed by atoms with E-state index < -0.39 is 0 Å². The lowest BCUT2D eigenvalue weighted by molar-refractivity contribution is -0.131. The summed E-state index contributed by atoms with van der Waals surface area (Å²) in [4.78, 5) is 37.5. The summed E-state index contributed by atoms with van der Waals surface area (Å²) in [6.45, 7) is 1.18. The van der Waals surface area contributed by atoms with Crippen LogP contribution < -0.4 is 10.1 Å². The number of likely N-dealkylation sites (N-methyl/N-ethyl adjacent to an activating group) is 1. The number of urea groups is 1. The number of ether oxygens (including phenoxy) is 1. The quantitative estimate of drug-likeness (QED) is 0.675. The number of imide groups is 1. The molecule has 7 nitrogen and oxygen atoms in total. The summed E-state index contributed by atoms with van der Waals surface area (Å²) >= 11 is 3.35. The summed E-state index contributed by atoms with van der Waals surface area (Å²) in [5.41, 5.74) is 0. The van der Waals surface area contributed by atoms with E-state index in [-0.39, 0.29) is 37.4 Å². The summed E-state index contributed by atoms with van der Waals surface area (Å²) in [7, 11) is 1.71. The van der Waals surface area contributed by atoms with E-state index in [0.717, 1.165) is 15.1 Å². The molecule has 0 saturated carbocycles. The minimum Gasteiger partial charge on any atom is -0.492 e. The molecule has 1 aliphatic heterocycles. The average Bonchev–Trinajstić information content (AvgIpc) is 2.88. The lowest BCUT2D eigenvalue weighted by Crippen LogP contribution is -2.34. The molecule has 0 spiro atoms. The maximum Gasteiger partial charge on any atom is 0.324 e. The number of rotatable bonds is 8. The molecule has 0 bridgehead atoms. The molecule has 0 aromatic heterocycles. The lowest BCUT2D eigenvalue weighted by Gasteiger charge is -2.18. The molecule has 1 saturated heterocycles. The third-order valence-electron chi connectivity index (χ3n) is 3.64. The molecule has 130 valence electrons. The van der Waals surface area contributed by atoms with Crippen molar-refractivity contribution in [2.24, 2.45) is 0 Å². The number of hydrogen-bond donors (Lipinski definition) is 1. The minimum atomic E-state index is -0.385. The van der Waals surface area contributed by atoms with Crippen LogP contribution in [-0.4, -0.2) is 60.9 Å². The van der Waals surface area contributed by atoms with E-state index in [1.165, 1.54) is 0 Å². The third-order valence-corrected chi connectivity index (χ3v) is 4.17. The molecule has 24 heavy (non-hydrogen) atoms. The van der Waals surface area contributed by atoms with Gasteiger partial charge in [0.1, 0.15) is 12.4 Å². The molecule has 1 fully saturated rings. The van der Waals surface area contributed by atoms with E-state index in [1.54, 1.807) is 11.9 Å². The SMILES string of the molecule is CN(CCOc1ccc(Br)cc1)C(=O)CCCN1C(=O)CNC1=O. The van der Waals surface area contributed by atoms with E-state index in [0.29, 0.717) is 19.6 Å². The molecule has 2 rings (SSSR count). The predicted octanol–water partition coefficient (Wildman–Crippen LogP) is 1.62. The zero-order valence-electron chi connectivity index (χ0n) is 13.5. The molecule has 1 aliphatic rings.